The van der Waals surface area contributed by atoms with Crippen molar-refractivity contribution in [3.63, 3.8) is 0 Å². The average molecular weight is 494 g/mol. The number of nitrogens with one attached hydrogen (secondary N) is 1. The van der Waals surface area contributed by atoms with Crippen LogP contribution in [0.1, 0.15) is 53.3 Å². The van der Waals surface area contributed by atoms with Gasteiger partial charge in [-0.1, -0.05) is 41.7 Å². The van der Waals surface area contributed by atoms with Gasteiger partial charge in [-0.15, -0.1) is 0 Å². The quantitative estimate of drug-likeness (QED) is 0.564. The molecule has 2 heterocycles. The predicted molar refractivity (Wildman–Crippen MR) is 128 cm³/mol. The van der Waals surface area contributed by atoms with E-state index in [9.17, 15) is 13.2 Å². The lowest BCUT2D eigenvalue weighted by Crippen LogP contribution is -2.48. The molecule has 8 nitrogen and oxygen atoms in total. The van der Waals surface area contributed by atoms with Crippen molar-refractivity contribution in [2.45, 2.75) is 56.2 Å². The SMILES string of the molecule is COC(=O)c1cnc(N2CC[C@H](NS(C)(=O)=O)[C@@H]2CO[C@H]2CC[C@@H](c3ccccc3)CC2)s1. The number of esters is 1. The van der Waals surface area contributed by atoms with Crippen LogP contribution in [-0.2, 0) is 19.5 Å². The van der Waals surface area contributed by atoms with Crippen molar-refractivity contribution in [3.8, 4) is 0 Å². The minimum atomic E-state index is -3.36. The Morgan fingerprint density at radius 1 is 1.18 bits per heavy atom. The average Bonchev–Trinajstić information content (AvgIpc) is 3.44. The molecule has 2 fully saturated rings. The van der Waals surface area contributed by atoms with E-state index in [0.717, 1.165) is 25.7 Å². The summed E-state index contributed by atoms with van der Waals surface area (Å²) in [6.07, 6.45) is 7.64. The van der Waals surface area contributed by atoms with E-state index in [1.165, 1.54) is 36.5 Å². The molecule has 1 saturated heterocycles. The molecule has 2 atom stereocenters. The van der Waals surface area contributed by atoms with Gasteiger partial charge in [-0.05, 0) is 43.6 Å². The third-order valence-corrected chi connectivity index (χ3v) is 8.23. The molecule has 2 aliphatic rings. The van der Waals surface area contributed by atoms with Crippen LogP contribution in [0.3, 0.4) is 0 Å². The highest BCUT2D eigenvalue weighted by Gasteiger charge is 2.38. The third kappa shape index (κ3) is 6.11. The fraction of sp³-hybridized carbons (Fsp3) is 0.565. The Bertz CT molecular complexity index is 1040. The van der Waals surface area contributed by atoms with E-state index < -0.39 is 16.0 Å². The van der Waals surface area contributed by atoms with E-state index in [0.29, 0.717) is 35.5 Å². The lowest BCUT2D eigenvalue weighted by Gasteiger charge is -2.32. The summed E-state index contributed by atoms with van der Waals surface area (Å²) in [5, 5.41) is 0.676. The largest absolute Gasteiger partial charge is 0.465 e. The number of carbonyl (C=O) groups is 1. The van der Waals surface area contributed by atoms with Crippen molar-refractivity contribution >= 4 is 32.5 Å². The lowest BCUT2D eigenvalue weighted by atomic mass is 9.83. The molecule has 0 spiro atoms. The first kappa shape index (κ1) is 24.1. The number of benzene rings is 1. The van der Waals surface area contributed by atoms with Crippen LogP contribution in [0.15, 0.2) is 36.5 Å². The minimum absolute atomic E-state index is 0.160. The van der Waals surface area contributed by atoms with Crippen LogP contribution in [0.5, 0.6) is 0 Å². The second-order valence-corrected chi connectivity index (χ2v) is 11.6. The Morgan fingerprint density at radius 3 is 2.58 bits per heavy atom. The second kappa shape index (κ2) is 10.5. The molecule has 33 heavy (non-hydrogen) atoms. The van der Waals surface area contributed by atoms with Crippen LogP contribution in [0, 0.1) is 0 Å². The van der Waals surface area contributed by atoms with Crippen LogP contribution in [-0.4, -0.2) is 64.1 Å². The number of aromatic nitrogens is 1. The molecule has 1 saturated carbocycles. The first-order valence-corrected chi connectivity index (χ1v) is 14.0. The van der Waals surface area contributed by atoms with Gasteiger partial charge in [0.1, 0.15) is 4.88 Å². The summed E-state index contributed by atoms with van der Waals surface area (Å²) in [6.45, 7) is 1.04. The van der Waals surface area contributed by atoms with Crippen molar-refractivity contribution < 1.29 is 22.7 Å². The number of methoxy groups -OCH3 is 1. The molecule has 1 aromatic heterocycles. The highest BCUT2D eigenvalue weighted by atomic mass is 32.2. The first-order chi connectivity index (χ1) is 15.8. The summed E-state index contributed by atoms with van der Waals surface area (Å²) in [5.74, 6) is 0.146. The van der Waals surface area contributed by atoms with Crippen molar-refractivity contribution in [2.75, 3.05) is 31.4 Å². The van der Waals surface area contributed by atoms with Crippen molar-refractivity contribution in [2.24, 2.45) is 0 Å². The van der Waals surface area contributed by atoms with Crippen LogP contribution in [0.4, 0.5) is 5.13 Å². The number of hydrogen-bond donors (Lipinski definition) is 1. The Hall–Kier alpha value is -2.01. The fourth-order valence-corrected chi connectivity index (χ4v) is 6.57. The summed E-state index contributed by atoms with van der Waals surface area (Å²) in [7, 11) is -2.02. The van der Waals surface area contributed by atoms with E-state index in [1.807, 2.05) is 6.07 Å². The molecule has 4 rings (SSSR count). The van der Waals surface area contributed by atoms with Gasteiger partial charge < -0.3 is 14.4 Å². The Labute approximate surface area is 199 Å². The van der Waals surface area contributed by atoms with Crippen molar-refractivity contribution in [1.82, 2.24) is 9.71 Å². The number of nitrogens with zero attached hydrogens (tertiary/aromatic N) is 2. The van der Waals surface area contributed by atoms with Gasteiger partial charge in [0.15, 0.2) is 5.13 Å². The van der Waals surface area contributed by atoms with Gasteiger partial charge in [-0.25, -0.2) is 22.9 Å². The van der Waals surface area contributed by atoms with Gasteiger partial charge in [0.2, 0.25) is 10.0 Å². The van der Waals surface area contributed by atoms with Crippen molar-refractivity contribution in [1.29, 1.82) is 0 Å². The number of thiazole rings is 1. The molecular formula is C23H31N3O5S2. The standard InChI is InChI=1S/C23H31N3O5S2/c1-30-22(27)21-14-24-23(32-21)26-13-12-19(25-33(2,28)29)20(26)15-31-18-10-8-17(9-11-18)16-6-4-3-5-7-16/h3-7,14,17-20,25H,8-13,15H2,1-2H3/t17-,18+,19-,20-/m0/s1. The second-order valence-electron chi connectivity index (χ2n) is 8.76. The molecule has 2 aromatic rings. The highest BCUT2D eigenvalue weighted by molar-refractivity contribution is 7.88. The summed E-state index contributed by atoms with van der Waals surface area (Å²) in [4.78, 5) is 18.7. The zero-order chi connectivity index (χ0) is 23.4. The number of sulfonamides is 1. The molecule has 0 bridgehead atoms. The smallest absolute Gasteiger partial charge is 0.349 e. The molecule has 0 amide bonds. The molecule has 1 N–H and O–H groups in total. The van der Waals surface area contributed by atoms with Gasteiger partial charge in [0.05, 0.1) is 38.3 Å². The van der Waals surface area contributed by atoms with Crippen LogP contribution >= 0.6 is 11.3 Å². The van der Waals surface area contributed by atoms with Crippen LogP contribution in [0.2, 0.25) is 0 Å². The number of anilines is 1. The first-order valence-electron chi connectivity index (χ1n) is 11.3. The predicted octanol–water partition coefficient (Wildman–Crippen LogP) is 3.17. The van der Waals surface area contributed by atoms with Gasteiger partial charge in [-0.3, -0.25) is 0 Å². The Kier molecular flexibility index (Phi) is 7.68. The van der Waals surface area contributed by atoms with Gasteiger partial charge in [0.25, 0.3) is 0 Å². The lowest BCUT2D eigenvalue weighted by molar-refractivity contribution is 0.0157. The number of hydrogen-bond acceptors (Lipinski definition) is 8. The number of carbonyl (C=O) groups excluding carboxylic acids is 1. The van der Waals surface area contributed by atoms with E-state index >= 15 is 0 Å². The van der Waals surface area contributed by atoms with E-state index in [4.69, 9.17) is 9.47 Å². The molecule has 1 aromatic carbocycles. The third-order valence-electron chi connectivity index (χ3n) is 6.48. The Morgan fingerprint density at radius 2 is 1.91 bits per heavy atom. The van der Waals surface area contributed by atoms with Gasteiger partial charge in [-0.2, -0.15) is 0 Å². The Balaban J connectivity index is 1.40. The summed E-state index contributed by atoms with van der Waals surface area (Å²) >= 11 is 1.25. The zero-order valence-electron chi connectivity index (χ0n) is 19.0. The van der Waals surface area contributed by atoms with Gasteiger partial charge in [0, 0.05) is 12.6 Å². The van der Waals surface area contributed by atoms with Crippen molar-refractivity contribution in [3.05, 3.63) is 47.0 Å². The summed E-state index contributed by atoms with van der Waals surface area (Å²) in [5.41, 5.74) is 1.39. The fourth-order valence-electron chi connectivity index (χ4n) is 4.83. The maximum Gasteiger partial charge on any atom is 0.349 e. The zero-order valence-corrected chi connectivity index (χ0v) is 20.6. The molecule has 0 radical (unpaired) electrons. The molecule has 1 aliphatic carbocycles. The molecule has 1 aliphatic heterocycles. The van der Waals surface area contributed by atoms with E-state index in [-0.39, 0.29) is 18.2 Å². The molecule has 10 heteroatoms. The highest BCUT2D eigenvalue weighted by Crippen LogP contribution is 2.35. The monoisotopic (exact) mass is 493 g/mol. The van der Waals surface area contributed by atoms with Crippen LogP contribution in [0.25, 0.3) is 0 Å². The molecule has 180 valence electrons. The minimum Gasteiger partial charge on any atom is -0.465 e. The van der Waals surface area contributed by atoms with E-state index in [1.54, 1.807) is 0 Å². The summed E-state index contributed by atoms with van der Waals surface area (Å²) in [6, 6.07) is 10.1. The van der Waals surface area contributed by atoms with Gasteiger partial charge >= 0.3 is 5.97 Å². The maximum absolute atomic E-state index is 11.9. The van der Waals surface area contributed by atoms with Crippen LogP contribution < -0.4 is 9.62 Å². The normalized spacial score (nSPS) is 25.8. The van der Waals surface area contributed by atoms with E-state index in [2.05, 4.69) is 38.9 Å². The number of rotatable bonds is 8. The number of ether oxygens (including phenoxy) is 2. The molecular weight excluding hydrogens is 462 g/mol. The summed E-state index contributed by atoms with van der Waals surface area (Å²) < 4.78 is 37.8. The maximum atomic E-state index is 11.9. The topological polar surface area (TPSA) is 97.8 Å². The molecule has 0 unspecified atom stereocenters.